The van der Waals surface area contributed by atoms with Crippen molar-refractivity contribution in [3.8, 4) is 0 Å². The molecule has 2 amide bonds. The average molecular weight is 330 g/mol. The monoisotopic (exact) mass is 330 g/mol. The van der Waals surface area contributed by atoms with Crippen molar-refractivity contribution in [1.29, 1.82) is 0 Å². The van der Waals surface area contributed by atoms with Crippen molar-refractivity contribution in [3.05, 3.63) is 0 Å². The second-order valence-electron chi connectivity index (χ2n) is 7.17. The number of ether oxygens (including phenoxy) is 1. The lowest BCUT2D eigenvalue weighted by molar-refractivity contribution is -0.161. The van der Waals surface area contributed by atoms with Crippen LogP contribution in [-0.4, -0.2) is 48.4 Å². The van der Waals surface area contributed by atoms with Gasteiger partial charge in [0.2, 0.25) is 17.7 Å². The van der Waals surface area contributed by atoms with E-state index in [1.54, 1.807) is 4.90 Å². The van der Waals surface area contributed by atoms with Crippen LogP contribution in [-0.2, 0) is 14.3 Å². The van der Waals surface area contributed by atoms with Gasteiger partial charge in [0.15, 0.2) is 0 Å². The fourth-order valence-electron chi connectivity index (χ4n) is 4.02. The lowest BCUT2D eigenvalue weighted by Crippen LogP contribution is -2.49. The van der Waals surface area contributed by atoms with E-state index in [9.17, 15) is 18.4 Å². The number of likely N-dealkylation sites (tertiary alicyclic amines) is 1. The van der Waals surface area contributed by atoms with Gasteiger partial charge in [-0.2, -0.15) is 0 Å². The minimum absolute atomic E-state index is 0.106. The van der Waals surface area contributed by atoms with Gasteiger partial charge in [0, 0.05) is 38.5 Å². The van der Waals surface area contributed by atoms with Crippen molar-refractivity contribution in [2.75, 3.05) is 19.7 Å². The molecule has 2 atom stereocenters. The molecule has 5 nitrogen and oxygen atoms in total. The SMILES string of the molecule is NC(=O)[C@@H]1CCO[C@@H]1CC1CCN(C(=O)C2CC(F)(F)C2)CC1. The smallest absolute Gasteiger partial charge is 0.249 e. The zero-order valence-corrected chi connectivity index (χ0v) is 13.2. The van der Waals surface area contributed by atoms with Gasteiger partial charge in [-0.25, -0.2) is 8.78 Å². The number of nitrogens with zero attached hydrogens (tertiary/aromatic N) is 1. The highest BCUT2D eigenvalue weighted by atomic mass is 19.3. The van der Waals surface area contributed by atoms with E-state index < -0.39 is 11.8 Å². The van der Waals surface area contributed by atoms with Gasteiger partial charge in [-0.3, -0.25) is 9.59 Å². The predicted molar refractivity (Wildman–Crippen MR) is 78.6 cm³/mol. The Balaban J connectivity index is 1.44. The van der Waals surface area contributed by atoms with Crippen LogP contribution in [0.25, 0.3) is 0 Å². The van der Waals surface area contributed by atoms with E-state index in [0.29, 0.717) is 32.0 Å². The molecule has 0 unspecified atom stereocenters. The molecule has 0 radical (unpaired) electrons. The molecular formula is C16H24F2N2O3. The maximum atomic E-state index is 12.9. The van der Waals surface area contributed by atoms with Crippen LogP contribution in [0.15, 0.2) is 0 Å². The number of nitrogens with two attached hydrogens (primary N) is 1. The third-order valence-electron chi connectivity index (χ3n) is 5.51. The molecule has 0 aromatic carbocycles. The van der Waals surface area contributed by atoms with Gasteiger partial charge in [0.1, 0.15) is 0 Å². The first-order valence-corrected chi connectivity index (χ1v) is 8.43. The molecular weight excluding hydrogens is 306 g/mol. The zero-order valence-electron chi connectivity index (χ0n) is 13.2. The van der Waals surface area contributed by atoms with Crippen LogP contribution in [0.5, 0.6) is 0 Å². The fraction of sp³-hybridized carbons (Fsp3) is 0.875. The van der Waals surface area contributed by atoms with Gasteiger partial charge in [-0.05, 0) is 31.6 Å². The summed E-state index contributed by atoms with van der Waals surface area (Å²) in [6, 6.07) is 0. The molecule has 2 aliphatic heterocycles. The third-order valence-corrected chi connectivity index (χ3v) is 5.51. The molecule has 1 saturated carbocycles. The van der Waals surface area contributed by atoms with E-state index in [1.807, 2.05) is 0 Å². The molecule has 0 aromatic rings. The van der Waals surface area contributed by atoms with Gasteiger partial charge >= 0.3 is 0 Å². The van der Waals surface area contributed by atoms with Crippen LogP contribution in [0, 0.1) is 17.8 Å². The molecule has 0 aromatic heterocycles. The number of piperidine rings is 1. The number of carbonyl (C=O) groups excluding carboxylic acids is 2. The topological polar surface area (TPSA) is 72.6 Å². The Labute approximate surface area is 134 Å². The van der Waals surface area contributed by atoms with Crippen molar-refractivity contribution in [2.24, 2.45) is 23.5 Å². The van der Waals surface area contributed by atoms with Crippen molar-refractivity contribution in [2.45, 2.75) is 50.6 Å². The Morgan fingerprint density at radius 2 is 1.83 bits per heavy atom. The summed E-state index contributed by atoms with van der Waals surface area (Å²) in [6.45, 7) is 1.80. The van der Waals surface area contributed by atoms with Crippen LogP contribution in [0.4, 0.5) is 8.78 Å². The van der Waals surface area contributed by atoms with Gasteiger partial charge in [0.05, 0.1) is 12.0 Å². The number of hydrogen-bond acceptors (Lipinski definition) is 3. The first kappa shape index (κ1) is 16.6. The second kappa shape index (κ2) is 6.34. The lowest BCUT2D eigenvalue weighted by Gasteiger charge is -2.40. The van der Waals surface area contributed by atoms with E-state index in [4.69, 9.17) is 10.5 Å². The molecule has 2 saturated heterocycles. The van der Waals surface area contributed by atoms with E-state index in [2.05, 4.69) is 0 Å². The highest BCUT2D eigenvalue weighted by molar-refractivity contribution is 5.80. The van der Waals surface area contributed by atoms with Crippen molar-refractivity contribution in [3.63, 3.8) is 0 Å². The minimum atomic E-state index is -2.65. The third kappa shape index (κ3) is 3.65. The van der Waals surface area contributed by atoms with Gasteiger partial charge in [-0.15, -0.1) is 0 Å². The van der Waals surface area contributed by atoms with Gasteiger partial charge in [-0.1, -0.05) is 0 Å². The summed E-state index contributed by atoms with van der Waals surface area (Å²) in [5, 5.41) is 0. The molecule has 3 fully saturated rings. The molecule has 23 heavy (non-hydrogen) atoms. The van der Waals surface area contributed by atoms with Crippen LogP contribution >= 0.6 is 0 Å². The summed E-state index contributed by atoms with van der Waals surface area (Å²) >= 11 is 0. The van der Waals surface area contributed by atoms with Crippen molar-refractivity contribution >= 4 is 11.8 Å². The van der Waals surface area contributed by atoms with E-state index >= 15 is 0 Å². The van der Waals surface area contributed by atoms with Crippen LogP contribution in [0.1, 0.15) is 38.5 Å². The standard InChI is InChI=1S/C16H24F2N2O3/c17-16(18)8-11(9-16)15(22)20-4-1-10(2-5-20)7-13-12(14(19)21)3-6-23-13/h10-13H,1-9H2,(H2,19,21)/t12-,13-/m1/s1. The molecule has 130 valence electrons. The van der Waals surface area contributed by atoms with Gasteiger partial charge < -0.3 is 15.4 Å². The van der Waals surface area contributed by atoms with E-state index in [1.165, 1.54) is 0 Å². The van der Waals surface area contributed by atoms with Crippen LogP contribution in [0.3, 0.4) is 0 Å². The Morgan fingerprint density at radius 3 is 2.39 bits per heavy atom. The van der Waals surface area contributed by atoms with E-state index in [-0.39, 0.29) is 36.7 Å². The first-order valence-electron chi connectivity index (χ1n) is 8.43. The minimum Gasteiger partial charge on any atom is -0.377 e. The van der Waals surface area contributed by atoms with Crippen molar-refractivity contribution < 1.29 is 23.1 Å². The maximum absolute atomic E-state index is 12.9. The predicted octanol–water partition coefficient (Wildman–Crippen LogP) is 1.55. The molecule has 2 N–H and O–H groups in total. The largest absolute Gasteiger partial charge is 0.377 e. The summed E-state index contributed by atoms with van der Waals surface area (Å²) in [7, 11) is 0. The average Bonchev–Trinajstić information content (AvgIpc) is 2.93. The fourth-order valence-corrected chi connectivity index (χ4v) is 4.02. The Kier molecular flexibility index (Phi) is 4.58. The Morgan fingerprint density at radius 1 is 1.17 bits per heavy atom. The lowest BCUT2D eigenvalue weighted by atomic mass is 9.79. The molecule has 0 spiro atoms. The Bertz CT molecular complexity index is 470. The Hall–Kier alpha value is -1.24. The number of primary amides is 1. The number of amides is 2. The zero-order chi connectivity index (χ0) is 16.6. The molecule has 3 rings (SSSR count). The summed E-state index contributed by atoms with van der Waals surface area (Å²) in [4.78, 5) is 25.3. The van der Waals surface area contributed by atoms with Crippen LogP contribution < -0.4 is 5.73 Å². The molecule has 0 bridgehead atoms. The quantitative estimate of drug-likeness (QED) is 0.850. The maximum Gasteiger partial charge on any atom is 0.249 e. The number of hydrogen-bond donors (Lipinski definition) is 1. The highest BCUT2D eigenvalue weighted by Crippen LogP contribution is 2.43. The summed E-state index contributed by atoms with van der Waals surface area (Å²) in [6.07, 6.45) is 2.43. The van der Waals surface area contributed by atoms with Gasteiger partial charge in [0.25, 0.3) is 0 Å². The molecule has 2 heterocycles. The van der Waals surface area contributed by atoms with Crippen LogP contribution in [0.2, 0.25) is 0 Å². The second-order valence-corrected chi connectivity index (χ2v) is 7.17. The molecule has 7 heteroatoms. The summed E-state index contributed by atoms with van der Waals surface area (Å²) in [5.41, 5.74) is 5.40. The first-order chi connectivity index (χ1) is 10.9. The number of halogens is 2. The number of carbonyl (C=O) groups is 2. The number of alkyl halides is 2. The van der Waals surface area contributed by atoms with E-state index in [0.717, 1.165) is 19.3 Å². The highest BCUT2D eigenvalue weighted by Gasteiger charge is 2.50. The molecule has 1 aliphatic carbocycles. The summed E-state index contributed by atoms with van der Waals surface area (Å²) in [5.74, 6) is -3.38. The normalized spacial score (nSPS) is 31.8. The molecule has 3 aliphatic rings. The summed E-state index contributed by atoms with van der Waals surface area (Å²) < 4.78 is 31.4. The van der Waals surface area contributed by atoms with Crippen molar-refractivity contribution in [1.82, 2.24) is 4.90 Å². The number of rotatable bonds is 4.